The number of rotatable bonds is 10. The van der Waals surface area contributed by atoms with Crippen LogP contribution in [0.4, 0.5) is 0 Å². The van der Waals surface area contributed by atoms with Crippen molar-refractivity contribution >= 4 is 29.2 Å². The lowest BCUT2D eigenvalue weighted by atomic mass is 10.0. The van der Waals surface area contributed by atoms with Gasteiger partial charge in [-0.2, -0.15) is 0 Å². The van der Waals surface area contributed by atoms with E-state index in [2.05, 4.69) is 23.5 Å². The summed E-state index contributed by atoms with van der Waals surface area (Å²) in [5.74, 6) is 1.27. The summed E-state index contributed by atoms with van der Waals surface area (Å²) in [6, 6.07) is 9.04. The molecule has 7 heteroatoms. The van der Waals surface area contributed by atoms with Crippen LogP contribution in [-0.4, -0.2) is 46.9 Å². The highest BCUT2D eigenvalue weighted by atomic mass is 35.5. The molecule has 6 nitrogen and oxygen atoms in total. The van der Waals surface area contributed by atoms with E-state index in [0.29, 0.717) is 46.8 Å². The van der Waals surface area contributed by atoms with Gasteiger partial charge in [-0.05, 0) is 52.3 Å². The fraction of sp³-hybridized carbons (Fsp3) is 0.423. The van der Waals surface area contributed by atoms with Crippen molar-refractivity contribution in [2.24, 2.45) is 4.99 Å². The molecule has 2 atom stereocenters. The molecular formula is C26H34ClN3O3. The summed E-state index contributed by atoms with van der Waals surface area (Å²) in [5.41, 5.74) is 2.20. The molecule has 0 unspecified atom stereocenters. The monoisotopic (exact) mass is 471 g/mol. The number of aliphatic imine (C=N–C) groups is 1. The van der Waals surface area contributed by atoms with Crippen molar-refractivity contribution in [3.05, 3.63) is 64.8 Å². The summed E-state index contributed by atoms with van der Waals surface area (Å²) in [6.45, 7) is 16.7. The van der Waals surface area contributed by atoms with Gasteiger partial charge in [-0.25, -0.2) is 4.98 Å². The first-order chi connectivity index (χ1) is 15.7. The second-order valence-corrected chi connectivity index (χ2v) is 8.48. The van der Waals surface area contributed by atoms with E-state index in [9.17, 15) is 4.79 Å². The number of likely N-dealkylation sites (N-methyl/N-ethyl adjacent to an activating group) is 1. The van der Waals surface area contributed by atoms with Crippen LogP contribution in [0.15, 0.2) is 48.1 Å². The Morgan fingerprint density at radius 3 is 2.55 bits per heavy atom. The van der Waals surface area contributed by atoms with Crippen molar-refractivity contribution in [2.45, 2.75) is 60.0 Å². The molecule has 1 aromatic heterocycles. The molecule has 1 heterocycles. The smallest absolute Gasteiger partial charge is 0.254 e. The maximum absolute atomic E-state index is 13.5. The number of hydrogen-bond donors (Lipinski definition) is 0. The fourth-order valence-electron chi connectivity index (χ4n) is 3.29. The van der Waals surface area contributed by atoms with Gasteiger partial charge in [-0.1, -0.05) is 36.7 Å². The van der Waals surface area contributed by atoms with Gasteiger partial charge in [0, 0.05) is 31.3 Å². The van der Waals surface area contributed by atoms with Crippen LogP contribution < -0.4 is 4.74 Å². The molecule has 0 aliphatic carbocycles. The van der Waals surface area contributed by atoms with E-state index in [1.165, 1.54) is 6.20 Å². The lowest BCUT2D eigenvalue weighted by Crippen LogP contribution is -2.42. The molecule has 0 spiro atoms. The Morgan fingerprint density at radius 2 is 1.94 bits per heavy atom. The van der Waals surface area contributed by atoms with E-state index in [1.807, 2.05) is 45.9 Å². The molecule has 0 N–H and O–H groups in total. The van der Waals surface area contributed by atoms with E-state index in [4.69, 9.17) is 21.1 Å². The van der Waals surface area contributed by atoms with E-state index < -0.39 is 0 Å². The number of nitrogens with zero attached hydrogens (tertiary/aromatic N) is 3. The van der Waals surface area contributed by atoms with E-state index >= 15 is 0 Å². The Morgan fingerprint density at radius 1 is 1.21 bits per heavy atom. The van der Waals surface area contributed by atoms with Gasteiger partial charge in [0.2, 0.25) is 5.88 Å². The summed E-state index contributed by atoms with van der Waals surface area (Å²) in [6.07, 6.45) is 2.44. The summed E-state index contributed by atoms with van der Waals surface area (Å²) in [7, 11) is 0. The predicted molar refractivity (Wildman–Crippen MR) is 135 cm³/mol. The summed E-state index contributed by atoms with van der Waals surface area (Å²) < 4.78 is 11.7. The lowest BCUT2D eigenvalue weighted by molar-refractivity contribution is 0.0646. The van der Waals surface area contributed by atoms with Crippen LogP contribution in [0.5, 0.6) is 5.88 Å². The number of carbonyl (C=O) groups is 1. The minimum absolute atomic E-state index is 0.117. The molecule has 0 saturated heterocycles. The normalized spacial score (nSPS) is 13.2. The molecule has 1 amide bonds. The summed E-state index contributed by atoms with van der Waals surface area (Å²) >= 11 is 5.88. The van der Waals surface area contributed by atoms with Gasteiger partial charge in [0.05, 0.1) is 22.7 Å². The van der Waals surface area contributed by atoms with Crippen molar-refractivity contribution in [3.8, 4) is 5.88 Å². The second-order valence-electron chi connectivity index (χ2n) is 8.05. The topological polar surface area (TPSA) is 64.0 Å². The first-order valence-corrected chi connectivity index (χ1v) is 11.6. The molecule has 33 heavy (non-hydrogen) atoms. The SMILES string of the molecule is C=C(O/C(C)=N\[C@H](C)CC)c1cc(C)ccc1C(=O)N(CC)[C@@H](C)COc1ccc(Cl)cn1. The number of hydrogen-bond acceptors (Lipinski definition) is 5. The Hall–Kier alpha value is -2.86. The zero-order valence-electron chi connectivity index (χ0n) is 20.4. The molecule has 0 aliphatic heterocycles. The lowest BCUT2D eigenvalue weighted by Gasteiger charge is -2.29. The molecule has 178 valence electrons. The number of benzene rings is 1. The number of amides is 1. The van der Waals surface area contributed by atoms with Gasteiger partial charge in [-0.15, -0.1) is 0 Å². The van der Waals surface area contributed by atoms with Crippen LogP contribution in [0.3, 0.4) is 0 Å². The first-order valence-electron chi connectivity index (χ1n) is 11.2. The van der Waals surface area contributed by atoms with Gasteiger partial charge in [0.1, 0.15) is 12.4 Å². The van der Waals surface area contributed by atoms with Crippen LogP contribution in [0, 0.1) is 6.92 Å². The maximum Gasteiger partial charge on any atom is 0.254 e. The van der Waals surface area contributed by atoms with Crippen molar-refractivity contribution < 1.29 is 14.3 Å². The Balaban J connectivity index is 2.21. The highest BCUT2D eigenvalue weighted by molar-refractivity contribution is 6.30. The Labute approximate surface area is 202 Å². The minimum Gasteiger partial charge on any atom is -0.475 e. The van der Waals surface area contributed by atoms with Crippen LogP contribution in [-0.2, 0) is 4.74 Å². The summed E-state index contributed by atoms with van der Waals surface area (Å²) in [5, 5.41) is 0.541. The van der Waals surface area contributed by atoms with Gasteiger partial charge in [0.25, 0.3) is 5.91 Å². The van der Waals surface area contributed by atoms with E-state index in [0.717, 1.165) is 12.0 Å². The number of ether oxygens (including phenoxy) is 2. The number of halogens is 1. The highest BCUT2D eigenvalue weighted by Gasteiger charge is 2.24. The molecule has 0 bridgehead atoms. The van der Waals surface area contributed by atoms with Crippen LogP contribution in [0.1, 0.15) is 62.5 Å². The van der Waals surface area contributed by atoms with Crippen LogP contribution in [0.25, 0.3) is 5.76 Å². The Kier molecular flexibility index (Phi) is 9.92. The number of aromatic nitrogens is 1. The van der Waals surface area contributed by atoms with E-state index in [1.54, 1.807) is 24.0 Å². The van der Waals surface area contributed by atoms with Crippen molar-refractivity contribution in [3.63, 3.8) is 0 Å². The number of carbonyl (C=O) groups excluding carboxylic acids is 1. The fourth-order valence-corrected chi connectivity index (χ4v) is 3.40. The summed E-state index contributed by atoms with van der Waals surface area (Å²) in [4.78, 5) is 23.9. The zero-order chi connectivity index (χ0) is 24.5. The van der Waals surface area contributed by atoms with E-state index in [-0.39, 0.29) is 18.0 Å². The average Bonchev–Trinajstić information content (AvgIpc) is 2.78. The largest absolute Gasteiger partial charge is 0.475 e. The first kappa shape index (κ1) is 26.4. The van der Waals surface area contributed by atoms with Gasteiger partial charge in [0.15, 0.2) is 5.90 Å². The zero-order valence-corrected chi connectivity index (χ0v) is 21.1. The average molecular weight is 472 g/mol. The van der Waals surface area contributed by atoms with Gasteiger partial charge >= 0.3 is 0 Å². The van der Waals surface area contributed by atoms with Gasteiger partial charge < -0.3 is 14.4 Å². The quantitative estimate of drug-likeness (QED) is 0.236. The predicted octanol–water partition coefficient (Wildman–Crippen LogP) is 6.18. The van der Waals surface area contributed by atoms with Crippen molar-refractivity contribution in [1.82, 2.24) is 9.88 Å². The standard InChI is InChI=1S/C26H34ClN3O3/c1-8-18(4)29-21(7)33-20(6)24-14-17(3)10-12-23(24)26(31)30(9-2)19(5)16-32-25-13-11-22(27)15-28-25/h10-15,18-19H,6,8-9,16H2,1-5,7H3/b29-21-/t18-,19+/m1/s1. The number of pyridine rings is 1. The molecule has 0 radical (unpaired) electrons. The van der Waals surface area contributed by atoms with Crippen molar-refractivity contribution in [1.29, 1.82) is 0 Å². The third-order valence-electron chi connectivity index (χ3n) is 5.28. The second kappa shape index (κ2) is 12.4. The van der Waals surface area contributed by atoms with Crippen LogP contribution >= 0.6 is 11.6 Å². The van der Waals surface area contributed by atoms with Gasteiger partial charge in [-0.3, -0.25) is 9.79 Å². The number of aryl methyl sites for hydroxylation is 1. The minimum atomic E-state index is -0.183. The third-order valence-corrected chi connectivity index (χ3v) is 5.50. The third kappa shape index (κ3) is 7.60. The Bertz CT molecular complexity index is 989. The molecule has 2 aromatic rings. The maximum atomic E-state index is 13.5. The molecular weight excluding hydrogens is 438 g/mol. The molecule has 1 aromatic carbocycles. The molecule has 0 fully saturated rings. The highest BCUT2D eigenvalue weighted by Crippen LogP contribution is 2.24. The molecule has 0 aliphatic rings. The van der Waals surface area contributed by atoms with Crippen molar-refractivity contribution in [2.75, 3.05) is 13.2 Å². The molecule has 0 saturated carbocycles. The molecule has 2 rings (SSSR count). The van der Waals surface area contributed by atoms with Crippen LogP contribution in [0.2, 0.25) is 5.02 Å².